The molecule has 0 radical (unpaired) electrons. The van der Waals surface area contributed by atoms with Gasteiger partial charge in [0.2, 0.25) is 15.9 Å². The van der Waals surface area contributed by atoms with Crippen LogP contribution in [-0.4, -0.2) is 56.1 Å². The molecule has 1 saturated heterocycles. The molecule has 1 aliphatic heterocycles. The van der Waals surface area contributed by atoms with Gasteiger partial charge >= 0.3 is 0 Å². The van der Waals surface area contributed by atoms with E-state index in [4.69, 9.17) is 4.42 Å². The first-order valence-electron chi connectivity index (χ1n) is 9.94. The average Bonchev–Trinajstić information content (AvgIpc) is 3.26. The van der Waals surface area contributed by atoms with Gasteiger partial charge in [-0.2, -0.15) is 4.31 Å². The topological polar surface area (TPSA) is 99.9 Å². The summed E-state index contributed by atoms with van der Waals surface area (Å²) in [6.45, 7) is 2.82. The fourth-order valence-electron chi connectivity index (χ4n) is 3.39. The highest BCUT2D eigenvalue weighted by molar-refractivity contribution is 7.89. The van der Waals surface area contributed by atoms with Gasteiger partial charge in [-0.15, -0.1) is 0 Å². The Morgan fingerprint density at radius 3 is 2.57 bits per heavy atom. The van der Waals surface area contributed by atoms with Crippen molar-refractivity contribution in [1.82, 2.24) is 14.5 Å². The largest absolute Gasteiger partial charge is 0.467 e. The van der Waals surface area contributed by atoms with Gasteiger partial charge in [0.05, 0.1) is 24.2 Å². The van der Waals surface area contributed by atoms with E-state index in [9.17, 15) is 18.0 Å². The molecule has 0 unspecified atom stereocenters. The summed E-state index contributed by atoms with van der Waals surface area (Å²) in [5.41, 5.74) is 0.926. The van der Waals surface area contributed by atoms with Crippen LogP contribution in [-0.2, 0) is 21.4 Å². The lowest BCUT2D eigenvalue weighted by atomic mass is 10.1. The van der Waals surface area contributed by atoms with Gasteiger partial charge in [-0.1, -0.05) is 12.5 Å². The van der Waals surface area contributed by atoms with E-state index in [-0.39, 0.29) is 29.5 Å². The van der Waals surface area contributed by atoms with Crippen LogP contribution in [0.4, 0.5) is 0 Å². The summed E-state index contributed by atoms with van der Waals surface area (Å²) in [7, 11) is -2.13. The van der Waals surface area contributed by atoms with Gasteiger partial charge in [0, 0.05) is 25.7 Å². The fourth-order valence-corrected chi connectivity index (χ4v) is 4.94. The number of nitrogens with zero attached hydrogens (tertiary/aromatic N) is 2. The minimum atomic E-state index is -3.64. The summed E-state index contributed by atoms with van der Waals surface area (Å²) in [4.78, 5) is 26.4. The highest BCUT2D eigenvalue weighted by Gasteiger charge is 2.27. The Morgan fingerprint density at radius 2 is 1.90 bits per heavy atom. The van der Waals surface area contributed by atoms with Crippen LogP contribution in [0.5, 0.6) is 0 Å². The van der Waals surface area contributed by atoms with E-state index < -0.39 is 15.9 Å². The van der Waals surface area contributed by atoms with Crippen LogP contribution in [0.1, 0.15) is 40.9 Å². The third kappa shape index (κ3) is 5.09. The van der Waals surface area contributed by atoms with Crippen molar-refractivity contribution < 1.29 is 22.4 Å². The number of likely N-dealkylation sites (N-methyl/N-ethyl adjacent to an activating group) is 1. The number of piperidine rings is 1. The highest BCUT2D eigenvalue weighted by atomic mass is 32.2. The van der Waals surface area contributed by atoms with Gasteiger partial charge in [-0.05, 0) is 49.6 Å². The molecule has 2 heterocycles. The maximum absolute atomic E-state index is 12.9. The van der Waals surface area contributed by atoms with Gasteiger partial charge in [0.15, 0.2) is 0 Å². The van der Waals surface area contributed by atoms with Crippen molar-refractivity contribution in [1.29, 1.82) is 0 Å². The minimum absolute atomic E-state index is 0.106. The summed E-state index contributed by atoms with van der Waals surface area (Å²) in [5, 5.41) is 2.69. The van der Waals surface area contributed by atoms with Gasteiger partial charge in [-0.25, -0.2) is 8.42 Å². The predicted octanol–water partition coefficient (Wildman–Crippen LogP) is 2.15. The van der Waals surface area contributed by atoms with E-state index in [1.54, 1.807) is 25.1 Å². The SMILES string of the molecule is Cc1ccc(S(=O)(=O)N2CCCCC2)cc1C(=O)N(C)CC(=O)NCc1ccco1. The number of aryl methyl sites for hydroxylation is 1. The molecular formula is C21H27N3O5S. The predicted molar refractivity (Wildman–Crippen MR) is 111 cm³/mol. The molecule has 0 spiro atoms. The van der Waals surface area contributed by atoms with Crippen molar-refractivity contribution >= 4 is 21.8 Å². The van der Waals surface area contributed by atoms with E-state index >= 15 is 0 Å². The molecule has 162 valence electrons. The Labute approximate surface area is 176 Å². The molecule has 0 saturated carbocycles. The van der Waals surface area contributed by atoms with Gasteiger partial charge in [0.25, 0.3) is 5.91 Å². The van der Waals surface area contributed by atoms with Crippen LogP contribution in [0.25, 0.3) is 0 Å². The average molecular weight is 434 g/mol. The maximum atomic E-state index is 12.9. The molecule has 30 heavy (non-hydrogen) atoms. The lowest BCUT2D eigenvalue weighted by Crippen LogP contribution is -2.38. The van der Waals surface area contributed by atoms with Crippen LogP contribution in [0.15, 0.2) is 45.9 Å². The van der Waals surface area contributed by atoms with E-state index in [0.29, 0.717) is 24.4 Å². The lowest BCUT2D eigenvalue weighted by Gasteiger charge is -2.26. The first-order valence-corrected chi connectivity index (χ1v) is 11.4. The zero-order valence-electron chi connectivity index (χ0n) is 17.3. The molecule has 0 bridgehead atoms. The molecule has 1 fully saturated rings. The highest BCUT2D eigenvalue weighted by Crippen LogP contribution is 2.23. The molecule has 0 atom stereocenters. The van der Waals surface area contributed by atoms with Crippen molar-refractivity contribution in [2.24, 2.45) is 0 Å². The van der Waals surface area contributed by atoms with Gasteiger partial charge in [0.1, 0.15) is 5.76 Å². The van der Waals surface area contributed by atoms with Crippen molar-refractivity contribution in [3.63, 3.8) is 0 Å². The van der Waals surface area contributed by atoms with E-state index in [0.717, 1.165) is 19.3 Å². The second kappa shape index (κ2) is 9.44. The smallest absolute Gasteiger partial charge is 0.254 e. The van der Waals surface area contributed by atoms with E-state index in [1.165, 1.54) is 34.6 Å². The first-order chi connectivity index (χ1) is 14.3. The number of amides is 2. The Hall–Kier alpha value is -2.65. The number of hydrogen-bond acceptors (Lipinski definition) is 5. The summed E-state index contributed by atoms with van der Waals surface area (Å²) < 4.78 is 32.5. The van der Waals surface area contributed by atoms with Crippen molar-refractivity contribution in [3.05, 3.63) is 53.5 Å². The standard InChI is InChI=1S/C21H27N3O5S/c1-16-8-9-18(30(27,28)24-10-4-3-5-11-24)13-19(16)21(26)23(2)15-20(25)22-14-17-7-6-12-29-17/h6-9,12-13H,3-5,10-11,14-15H2,1-2H3,(H,22,25). The molecule has 1 aromatic heterocycles. The molecule has 3 rings (SSSR count). The summed E-state index contributed by atoms with van der Waals surface area (Å²) in [6.07, 6.45) is 4.22. The Bertz CT molecular complexity index is 996. The van der Waals surface area contributed by atoms with E-state index in [2.05, 4.69) is 5.32 Å². The molecule has 1 N–H and O–H groups in total. The van der Waals surface area contributed by atoms with Gasteiger partial charge < -0.3 is 14.6 Å². The summed E-state index contributed by atoms with van der Waals surface area (Å²) >= 11 is 0. The Balaban J connectivity index is 1.70. The summed E-state index contributed by atoms with van der Waals surface area (Å²) in [6, 6.07) is 8.05. The fraction of sp³-hybridized carbons (Fsp3) is 0.429. The van der Waals surface area contributed by atoms with Crippen molar-refractivity contribution in [2.75, 3.05) is 26.7 Å². The molecule has 1 aromatic carbocycles. The number of sulfonamides is 1. The molecule has 2 amide bonds. The normalized spacial score (nSPS) is 15.0. The number of carbonyl (C=O) groups excluding carboxylic acids is 2. The zero-order valence-corrected chi connectivity index (χ0v) is 18.1. The van der Waals surface area contributed by atoms with Crippen LogP contribution in [0.2, 0.25) is 0 Å². The maximum Gasteiger partial charge on any atom is 0.254 e. The number of nitrogens with one attached hydrogen (secondary N) is 1. The molecule has 9 heteroatoms. The van der Waals surface area contributed by atoms with Crippen LogP contribution < -0.4 is 5.32 Å². The van der Waals surface area contributed by atoms with Crippen LogP contribution in [0.3, 0.4) is 0 Å². The molecule has 8 nitrogen and oxygen atoms in total. The molecular weight excluding hydrogens is 406 g/mol. The lowest BCUT2D eigenvalue weighted by molar-refractivity contribution is -0.121. The number of benzene rings is 1. The Kier molecular flexibility index (Phi) is 6.94. The first kappa shape index (κ1) is 22.0. The minimum Gasteiger partial charge on any atom is -0.467 e. The zero-order chi connectivity index (χ0) is 21.7. The number of rotatable bonds is 7. The number of hydrogen-bond donors (Lipinski definition) is 1. The monoisotopic (exact) mass is 433 g/mol. The molecule has 2 aromatic rings. The second-order valence-corrected chi connectivity index (χ2v) is 9.40. The van der Waals surface area contributed by atoms with Crippen LogP contribution in [0, 0.1) is 6.92 Å². The second-order valence-electron chi connectivity index (χ2n) is 7.46. The third-order valence-electron chi connectivity index (χ3n) is 5.16. The van der Waals surface area contributed by atoms with Crippen LogP contribution >= 0.6 is 0 Å². The summed E-state index contributed by atoms with van der Waals surface area (Å²) in [5.74, 6) is -0.128. The van der Waals surface area contributed by atoms with E-state index in [1.807, 2.05) is 0 Å². The van der Waals surface area contributed by atoms with Crippen molar-refractivity contribution in [2.45, 2.75) is 37.6 Å². The van der Waals surface area contributed by atoms with Crippen molar-refractivity contribution in [3.8, 4) is 0 Å². The van der Waals surface area contributed by atoms with Gasteiger partial charge in [-0.3, -0.25) is 9.59 Å². The Morgan fingerprint density at radius 1 is 1.17 bits per heavy atom. The number of carbonyl (C=O) groups is 2. The third-order valence-corrected chi connectivity index (χ3v) is 7.05. The molecule has 1 aliphatic rings. The number of furan rings is 1. The molecule has 0 aliphatic carbocycles. The quantitative estimate of drug-likeness (QED) is 0.721.